The lowest BCUT2D eigenvalue weighted by molar-refractivity contribution is 0.0794. The average molecular weight is 325 g/mol. The third-order valence-electron chi connectivity index (χ3n) is 3.83. The van der Waals surface area contributed by atoms with E-state index < -0.39 is 0 Å². The van der Waals surface area contributed by atoms with Gasteiger partial charge in [0.2, 0.25) is 0 Å². The zero-order valence-electron chi connectivity index (χ0n) is 12.8. The molecule has 2 aromatic rings. The van der Waals surface area contributed by atoms with Crippen LogP contribution in [0.15, 0.2) is 54.6 Å². The van der Waals surface area contributed by atoms with Crippen LogP contribution < -0.4 is 10.6 Å². The fraction of sp³-hybridized carbons (Fsp3) is 0.222. The zero-order chi connectivity index (χ0) is 16.1. The summed E-state index contributed by atoms with van der Waals surface area (Å²) >= 11 is 5.35. The Morgan fingerprint density at radius 2 is 1.57 bits per heavy atom. The second kappa shape index (κ2) is 7.24. The summed E-state index contributed by atoms with van der Waals surface area (Å²) in [5, 5.41) is 6.73. The maximum absolute atomic E-state index is 12.6. The monoisotopic (exact) mass is 325 g/mol. The van der Waals surface area contributed by atoms with E-state index in [9.17, 15) is 4.79 Å². The predicted molar refractivity (Wildman–Crippen MR) is 97.9 cm³/mol. The van der Waals surface area contributed by atoms with Gasteiger partial charge in [-0.25, -0.2) is 0 Å². The minimum absolute atomic E-state index is 0.0631. The SMILES string of the molecule is O=C(c1ccccc1NC(=S)Nc1ccccc1)N1CCCC1. The van der Waals surface area contributed by atoms with Crippen LogP contribution in [0.4, 0.5) is 11.4 Å². The number of nitrogens with zero attached hydrogens (tertiary/aromatic N) is 1. The third-order valence-corrected chi connectivity index (χ3v) is 4.03. The summed E-state index contributed by atoms with van der Waals surface area (Å²) in [7, 11) is 0. The number of hydrogen-bond acceptors (Lipinski definition) is 2. The highest BCUT2D eigenvalue weighted by Gasteiger charge is 2.21. The zero-order valence-corrected chi connectivity index (χ0v) is 13.6. The van der Waals surface area contributed by atoms with Crippen molar-refractivity contribution in [3.05, 3.63) is 60.2 Å². The number of likely N-dealkylation sites (tertiary alicyclic amines) is 1. The standard InChI is InChI=1S/C18H19N3OS/c22-17(21-12-6-7-13-21)15-10-4-5-11-16(15)20-18(23)19-14-8-2-1-3-9-14/h1-5,8-11H,6-7,12-13H2,(H2,19,20,23). The van der Waals surface area contributed by atoms with Crippen LogP contribution in [0.5, 0.6) is 0 Å². The molecule has 118 valence electrons. The number of hydrogen-bond donors (Lipinski definition) is 2. The Morgan fingerprint density at radius 1 is 0.913 bits per heavy atom. The summed E-state index contributed by atoms with van der Waals surface area (Å²) in [4.78, 5) is 14.5. The van der Waals surface area contributed by atoms with Gasteiger partial charge >= 0.3 is 0 Å². The summed E-state index contributed by atoms with van der Waals surface area (Å²) in [6.45, 7) is 1.67. The third kappa shape index (κ3) is 3.87. The Hall–Kier alpha value is -2.40. The van der Waals surface area contributed by atoms with Crippen molar-refractivity contribution < 1.29 is 4.79 Å². The first-order chi connectivity index (χ1) is 11.2. The lowest BCUT2D eigenvalue weighted by atomic mass is 10.1. The van der Waals surface area contributed by atoms with E-state index in [0.29, 0.717) is 10.7 Å². The number of carbonyl (C=O) groups excluding carboxylic acids is 1. The van der Waals surface area contributed by atoms with Crippen molar-refractivity contribution >= 4 is 34.6 Å². The molecule has 1 fully saturated rings. The van der Waals surface area contributed by atoms with E-state index in [4.69, 9.17) is 12.2 Å². The molecule has 1 aliphatic heterocycles. The van der Waals surface area contributed by atoms with E-state index in [2.05, 4.69) is 10.6 Å². The molecule has 2 aromatic carbocycles. The molecule has 1 amide bonds. The van der Waals surface area contributed by atoms with Gasteiger partial charge in [-0.1, -0.05) is 30.3 Å². The number of para-hydroxylation sites is 2. The van der Waals surface area contributed by atoms with Crippen molar-refractivity contribution in [2.24, 2.45) is 0 Å². The van der Waals surface area contributed by atoms with Crippen LogP contribution in [0, 0.1) is 0 Å². The van der Waals surface area contributed by atoms with Crippen molar-refractivity contribution in [3.8, 4) is 0 Å². The minimum atomic E-state index is 0.0631. The highest BCUT2D eigenvalue weighted by Crippen LogP contribution is 2.20. The molecule has 4 nitrogen and oxygen atoms in total. The van der Waals surface area contributed by atoms with E-state index in [1.165, 1.54) is 0 Å². The van der Waals surface area contributed by atoms with Crippen molar-refractivity contribution in [2.75, 3.05) is 23.7 Å². The molecule has 0 radical (unpaired) electrons. The average Bonchev–Trinajstić information content (AvgIpc) is 3.10. The Morgan fingerprint density at radius 3 is 2.30 bits per heavy atom. The van der Waals surface area contributed by atoms with Crippen LogP contribution in [0.25, 0.3) is 0 Å². The first kappa shape index (κ1) is 15.5. The molecule has 1 heterocycles. The highest BCUT2D eigenvalue weighted by molar-refractivity contribution is 7.80. The first-order valence-corrected chi connectivity index (χ1v) is 8.16. The fourth-order valence-electron chi connectivity index (χ4n) is 2.68. The molecule has 0 spiro atoms. The topological polar surface area (TPSA) is 44.4 Å². The maximum atomic E-state index is 12.6. The van der Waals surface area contributed by atoms with Gasteiger partial charge in [0.15, 0.2) is 5.11 Å². The maximum Gasteiger partial charge on any atom is 0.255 e. The van der Waals surface area contributed by atoms with E-state index in [1.807, 2.05) is 59.5 Å². The van der Waals surface area contributed by atoms with Crippen LogP contribution in [0.1, 0.15) is 23.2 Å². The molecule has 5 heteroatoms. The van der Waals surface area contributed by atoms with E-state index >= 15 is 0 Å². The quantitative estimate of drug-likeness (QED) is 0.844. The van der Waals surface area contributed by atoms with Gasteiger partial charge < -0.3 is 15.5 Å². The molecule has 2 N–H and O–H groups in total. The summed E-state index contributed by atoms with van der Waals surface area (Å²) in [5.74, 6) is 0.0631. The van der Waals surface area contributed by atoms with Gasteiger partial charge in [0.25, 0.3) is 5.91 Å². The molecule has 1 saturated heterocycles. The summed E-state index contributed by atoms with van der Waals surface area (Å²) in [6, 6.07) is 17.2. The first-order valence-electron chi connectivity index (χ1n) is 7.75. The molecule has 0 atom stereocenters. The van der Waals surface area contributed by atoms with Crippen LogP contribution >= 0.6 is 12.2 Å². The molecule has 0 saturated carbocycles. The molecular formula is C18H19N3OS. The molecule has 0 aliphatic carbocycles. The highest BCUT2D eigenvalue weighted by atomic mass is 32.1. The smallest absolute Gasteiger partial charge is 0.255 e. The van der Waals surface area contributed by atoms with Crippen LogP contribution in [-0.2, 0) is 0 Å². The Bertz CT molecular complexity index is 696. The van der Waals surface area contributed by atoms with Crippen molar-refractivity contribution in [2.45, 2.75) is 12.8 Å². The molecular weight excluding hydrogens is 306 g/mol. The van der Waals surface area contributed by atoms with E-state index in [-0.39, 0.29) is 5.91 Å². The number of rotatable bonds is 3. The molecule has 3 rings (SSSR count). The van der Waals surface area contributed by atoms with Gasteiger partial charge in [0.1, 0.15) is 0 Å². The summed E-state index contributed by atoms with van der Waals surface area (Å²) < 4.78 is 0. The van der Waals surface area contributed by atoms with Crippen molar-refractivity contribution in [1.82, 2.24) is 4.90 Å². The van der Waals surface area contributed by atoms with Gasteiger partial charge in [-0.2, -0.15) is 0 Å². The lowest BCUT2D eigenvalue weighted by Gasteiger charge is -2.18. The van der Waals surface area contributed by atoms with Gasteiger partial charge in [0.05, 0.1) is 11.3 Å². The van der Waals surface area contributed by atoms with Crippen LogP contribution in [0.3, 0.4) is 0 Å². The predicted octanol–water partition coefficient (Wildman–Crippen LogP) is 3.73. The second-order valence-electron chi connectivity index (χ2n) is 5.49. The van der Waals surface area contributed by atoms with E-state index in [1.54, 1.807) is 0 Å². The molecule has 0 bridgehead atoms. The molecule has 23 heavy (non-hydrogen) atoms. The van der Waals surface area contributed by atoms with E-state index in [0.717, 1.165) is 37.3 Å². The molecule has 1 aliphatic rings. The summed E-state index contributed by atoms with van der Waals surface area (Å²) in [5.41, 5.74) is 2.30. The van der Waals surface area contributed by atoms with Crippen molar-refractivity contribution in [3.63, 3.8) is 0 Å². The van der Waals surface area contributed by atoms with Gasteiger partial charge in [-0.05, 0) is 49.3 Å². The normalized spacial score (nSPS) is 13.7. The Labute approximate surface area is 141 Å². The van der Waals surface area contributed by atoms with Crippen LogP contribution in [0.2, 0.25) is 0 Å². The number of nitrogens with one attached hydrogen (secondary N) is 2. The van der Waals surface area contributed by atoms with Crippen molar-refractivity contribution in [1.29, 1.82) is 0 Å². The fourth-order valence-corrected chi connectivity index (χ4v) is 2.90. The van der Waals surface area contributed by atoms with Gasteiger partial charge in [-0.15, -0.1) is 0 Å². The molecule has 0 unspecified atom stereocenters. The number of anilines is 2. The second-order valence-corrected chi connectivity index (χ2v) is 5.90. The van der Waals surface area contributed by atoms with Gasteiger partial charge in [-0.3, -0.25) is 4.79 Å². The Kier molecular flexibility index (Phi) is 4.88. The van der Waals surface area contributed by atoms with Gasteiger partial charge in [0, 0.05) is 18.8 Å². The minimum Gasteiger partial charge on any atom is -0.339 e. The number of amides is 1. The van der Waals surface area contributed by atoms with Crippen LogP contribution in [-0.4, -0.2) is 29.0 Å². The lowest BCUT2D eigenvalue weighted by Crippen LogP contribution is -2.29. The summed E-state index contributed by atoms with van der Waals surface area (Å²) in [6.07, 6.45) is 2.16. The number of thiocarbonyl (C=S) groups is 1. The largest absolute Gasteiger partial charge is 0.339 e. The number of benzene rings is 2. The Balaban J connectivity index is 1.72. The molecule has 0 aromatic heterocycles. The number of carbonyl (C=O) groups is 1.